The van der Waals surface area contributed by atoms with Crippen molar-refractivity contribution in [2.24, 2.45) is 0 Å². The van der Waals surface area contributed by atoms with Gasteiger partial charge in [-0.1, -0.05) is 0 Å². The van der Waals surface area contributed by atoms with Crippen LogP contribution in [0.25, 0.3) is 5.69 Å². The van der Waals surface area contributed by atoms with Crippen LogP contribution in [0.1, 0.15) is 26.5 Å². The highest BCUT2D eigenvalue weighted by Crippen LogP contribution is 2.13. The van der Waals surface area contributed by atoms with Crippen molar-refractivity contribution < 1.29 is 14.3 Å². The topological polar surface area (TPSA) is 106 Å². The van der Waals surface area contributed by atoms with E-state index in [-0.39, 0.29) is 18.4 Å². The number of piperazine rings is 1. The summed E-state index contributed by atoms with van der Waals surface area (Å²) in [5, 5.41) is 10.9. The van der Waals surface area contributed by atoms with Gasteiger partial charge in [0.25, 0.3) is 0 Å². The molecule has 144 valence electrons. The lowest BCUT2D eigenvalue weighted by molar-refractivity contribution is -0.132. The molecule has 0 unspecified atom stereocenters. The fourth-order valence-electron chi connectivity index (χ4n) is 2.67. The Morgan fingerprint density at radius 2 is 1.81 bits per heavy atom. The lowest BCUT2D eigenvalue weighted by atomic mass is 10.2. The number of nitrogens with zero attached hydrogens (tertiary/aromatic N) is 7. The molecule has 1 aliphatic rings. The summed E-state index contributed by atoms with van der Waals surface area (Å²) in [5.74, 6) is -0.0125. The monoisotopic (exact) mass is 373 g/mol. The van der Waals surface area contributed by atoms with Gasteiger partial charge in [0.1, 0.15) is 11.9 Å². The summed E-state index contributed by atoms with van der Waals surface area (Å²) < 4.78 is 6.86. The van der Waals surface area contributed by atoms with E-state index in [0.717, 1.165) is 5.69 Å². The van der Waals surface area contributed by atoms with E-state index in [1.54, 1.807) is 22.1 Å². The van der Waals surface area contributed by atoms with Crippen LogP contribution in [0.2, 0.25) is 0 Å². The number of carbonyl (C=O) groups is 2. The number of tetrazole rings is 1. The van der Waals surface area contributed by atoms with Gasteiger partial charge < -0.3 is 14.5 Å². The van der Waals surface area contributed by atoms with Gasteiger partial charge in [-0.3, -0.25) is 9.78 Å². The maximum atomic E-state index is 12.5. The van der Waals surface area contributed by atoms with Crippen molar-refractivity contribution in [2.75, 3.05) is 26.2 Å². The largest absolute Gasteiger partial charge is 0.444 e. The van der Waals surface area contributed by atoms with Crippen molar-refractivity contribution in [2.45, 2.75) is 32.8 Å². The van der Waals surface area contributed by atoms with Crippen molar-refractivity contribution in [3.8, 4) is 5.69 Å². The van der Waals surface area contributed by atoms with Gasteiger partial charge in [-0.2, -0.15) is 4.68 Å². The normalized spacial score (nSPS) is 14.9. The van der Waals surface area contributed by atoms with Gasteiger partial charge in [0.05, 0.1) is 18.3 Å². The molecule has 0 aromatic carbocycles. The predicted molar refractivity (Wildman–Crippen MR) is 95.0 cm³/mol. The number of rotatable bonds is 3. The lowest BCUT2D eigenvalue weighted by Gasteiger charge is -2.35. The van der Waals surface area contributed by atoms with Crippen LogP contribution in [0.5, 0.6) is 0 Å². The van der Waals surface area contributed by atoms with E-state index >= 15 is 0 Å². The lowest BCUT2D eigenvalue weighted by Crippen LogP contribution is -2.52. The highest BCUT2D eigenvalue weighted by molar-refractivity contribution is 5.79. The summed E-state index contributed by atoms with van der Waals surface area (Å²) in [7, 11) is 0. The molecule has 0 bridgehead atoms. The first-order valence-electron chi connectivity index (χ1n) is 8.76. The molecule has 0 radical (unpaired) electrons. The van der Waals surface area contributed by atoms with E-state index in [1.165, 1.54) is 11.0 Å². The first kappa shape index (κ1) is 18.7. The van der Waals surface area contributed by atoms with E-state index in [1.807, 2.05) is 26.8 Å². The minimum Gasteiger partial charge on any atom is -0.444 e. The van der Waals surface area contributed by atoms with Crippen LogP contribution in [0.4, 0.5) is 4.79 Å². The van der Waals surface area contributed by atoms with Crippen molar-refractivity contribution >= 4 is 12.0 Å². The molecule has 2 amide bonds. The summed E-state index contributed by atoms with van der Waals surface area (Å²) >= 11 is 0. The molecule has 1 saturated heterocycles. The molecular formula is C17H23N7O3. The van der Waals surface area contributed by atoms with E-state index in [0.29, 0.717) is 31.9 Å². The average Bonchev–Trinajstić information content (AvgIpc) is 3.16. The molecule has 0 atom stereocenters. The highest BCUT2D eigenvalue weighted by Gasteiger charge is 2.27. The molecule has 0 saturated carbocycles. The maximum absolute atomic E-state index is 12.5. The first-order valence-corrected chi connectivity index (χ1v) is 8.76. The van der Waals surface area contributed by atoms with Crippen molar-refractivity contribution in [3.63, 3.8) is 0 Å². The Morgan fingerprint density at radius 3 is 2.37 bits per heavy atom. The second-order valence-electron chi connectivity index (χ2n) is 7.29. The third-order valence-corrected chi connectivity index (χ3v) is 4.04. The molecule has 10 nitrogen and oxygen atoms in total. The molecule has 0 aliphatic carbocycles. The minimum atomic E-state index is -0.524. The van der Waals surface area contributed by atoms with E-state index < -0.39 is 5.60 Å². The summed E-state index contributed by atoms with van der Waals surface area (Å²) in [6.45, 7) is 7.41. The van der Waals surface area contributed by atoms with E-state index in [4.69, 9.17) is 4.74 Å². The molecule has 2 aromatic rings. The molecule has 3 rings (SSSR count). The van der Waals surface area contributed by atoms with Crippen LogP contribution in [0, 0.1) is 0 Å². The summed E-state index contributed by atoms with van der Waals surface area (Å²) in [4.78, 5) is 32.3. The van der Waals surface area contributed by atoms with Crippen LogP contribution in [-0.2, 0) is 16.0 Å². The zero-order valence-electron chi connectivity index (χ0n) is 15.7. The Hall–Kier alpha value is -3.04. The van der Waals surface area contributed by atoms with Crippen molar-refractivity contribution in [1.29, 1.82) is 0 Å². The number of hydrogen-bond donors (Lipinski definition) is 0. The summed E-state index contributed by atoms with van der Waals surface area (Å²) in [6.07, 6.45) is 2.97. The molecule has 2 aromatic heterocycles. The second kappa shape index (κ2) is 7.68. The summed E-state index contributed by atoms with van der Waals surface area (Å²) in [5.41, 5.74) is 0.873. The Balaban J connectivity index is 1.50. The smallest absolute Gasteiger partial charge is 0.410 e. The van der Waals surface area contributed by atoms with Gasteiger partial charge in [0.2, 0.25) is 5.91 Å². The molecule has 10 heteroatoms. The van der Waals surface area contributed by atoms with Crippen LogP contribution in [-0.4, -0.2) is 78.8 Å². The van der Waals surface area contributed by atoms with E-state index in [9.17, 15) is 9.59 Å². The average molecular weight is 373 g/mol. The van der Waals surface area contributed by atoms with Crippen molar-refractivity contribution in [1.82, 2.24) is 35.0 Å². The van der Waals surface area contributed by atoms with Gasteiger partial charge in [-0.15, -0.1) is 5.10 Å². The quantitative estimate of drug-likeness (QED) is 0.779. The van der Waals surface area contributed by atoms with Gasteiger partial charge in [0, 0.05) is 31.9 Å². The maximum Gasteiger partial charge on any atom is 0.410 e. The molecular weight excluding hydrogens is 350 g/mol. The minimum absolute atomic E-state index is 0.0125. The number of carbonyl (C=O) groups excluding carboxylic acids is 2. The number of ether oxygens (including phenoxy) is 1. The predicted octanol–water partition coefficient (Wildman–Crippen LogP) is 0.679. The SMILES string of the molecule is CC(C)(C)OC(=O)N1CCN(C(=O)Cc2ccc(-n3cnnn3)cn2)CC1. The summed E-state index contributed by atoms with van der Waals surface area (Å²) in [6, 6.07) is 3.60. The molecule has 3 heterocycles. The van der Waals surface area contributed by atoms with Crippen molar-refractivity contribution in [3.05, 3.63) is 30.4 Å². The zero-order valence-corrected chi connectivity index (χ0v) is 15.7. The van der Waals surface area contributed by atoms with Crippen LogP contribution in [0.3, 0.4) is 0 Å². The molecule has 27 heavy (non-hydrogen) atoms. The fraction of sp³-hybridized carbons (Fsp3) is 0.529. The third-order valence-electron chi connectivity index (χ3n) is 4.04. The van der Waals surface area contributed by atoms with Crippen LogP contribution < -0.4 is 0 Å². The Labute approximate surface area is 157 Å². The Bertz CT molecular complexity index is 776. The molecule has 1 fully saturated rings. The van der Waals surface area contributed by atoms with Crippen LogP contribution in [0.15, 0.2) is 24.7 Å². The van der Waals surface area contributed by atoms with Gasteiger partial charge in [-0.05, 0) is 43.3 Å². The standard InChI is InChI=1S/C17H23N7O3/c1-17(2,3)27-16(26)23-8-6-22(7-9-23)15(25)10-13-4-5-14(11-18-13)24-12-19-20-21-24/h4-5,11-12H,6-10H2,1-3H3. The molecule has 0 N–H and O–H groups in total. The Morgan fingerprint density at radius 1 is 1.11 bits per heavy atom. The second-order valence-corrected chi connectivity index (χ2v) is 7.29. The zero-order chi connectivity index (χ0) is 19.4. The van der Waals surface area contributed by atoms with Gasteiger partial charge >= 0.3 is 6.09 Å². The Kier molecular flexibility index (Phi) is 5.33. The fourth-order valence-corrected chi connectivity index (χ4v) is 2.67. The number of aromatic nitrogens is 5. The van der Waals surface area contributed by atoms with Crippen LogP contribution >= 0.6 is 0 Å². The number of hydrogen-bond acceptors (Lipinski definition) is 7. The number of pyridine rings is 1. The van der Waals surface area contributed by atoms with Gasteiger partial charge in [-0.25, -0.2) is 4.79 Å². The first-order chi connectivity index (χ1) is 12.8. The number of amides is 2. The van der Waals surface area contributed by atoms with Gasteiger partial charge in [0.15, 0.2) is 0 Å². The highest BCUT2D eigenvalue weighted by atomic mass is 16.6. The molecule has 0 spiro atoms. The molecule has 1 aliphatic heterocycles. The van der Waals surface area contributed by atoms with E-state index in [2.05, 4.69) is 20.5 Å². The third kappa shape index (κ3) is 4.99.